The van der Waals surface area contributed by atoms with Gasteiger partial charge in [-0.15, -0.1) is 0 Å². The van der Waals surface area contributed by atoms with Gasteiger partial charge < -0.3 is 4.42 Å². The summed E-state index contributed by atoms with van der Waals surface area (Å²) in [4.78, 5) is 13.8. The molecular formula is C65H67IrN3OSi. The Bertz CT molecular complexity index is 3310. The van der Waals surface area contributed by atoms with Gasteiger partial charge in [0.15, 0.2) is 0 Å². The summed E-state index contributed by atoms with van der Waals surface area (Å²) in [6, 6.07) is 63.3. The molecule has 6 aromatic carbocycles. The summed E-state index contributed by atoms with van der Waals surface area (Å²) in [6.07, 6.45) is 8.10. The minimum Gasteiger partial charge on any atom is -0.455 e. The molecule has 0 aliphatic heterocycles. The van der Waals surface area contributed by atoms with Gasteiger partial charge in [-0.1, -0.05) is 200 Å². The van der Waals surface area contributed by atoms with Crippen LogP contribution in [0.15, 0.2) is 205 Å². The first kappa shape index (κ1) is 52.3. The molecule has 1 radical (unpaired) electrons. The Morgan fingerprint density at radius 3 is 1.59 bits per heavy atom. The minimum atomic E-state index is -1.36. The molecule has 10 aromatic rings. The van der Waals surface area contributed by atoms with E-state index >= 15 is 0 Å². The third-order valence-electron chi connectivity index (χ3n) is 12.2. The maximum atomic E-state index is 6.43. The van der Waals surface area contributed by atoms with Gasteiger partial charge in [-0.25, -0.2) is 0 Å². The van der Waals surface area contributed by atoms with Crippen LogP contribution in [0.2, 0.25) is 19.6 Å². The molecule has 4 heterocycles. The summed E-state index contributed by atoms with van der Waals surface area (Å²) in [5, 5.41) is 3.73. The van der Waals surface area contributed by atoms with Crippen molar-refractivity contribution in [2.75, 3.05) is 0 Å². The van der Waals surface area contributed by atoms with Crippen molar-refractivity contribution in [1.82, 2.24) is 15.0 Å². The second-order valence-corrected chi connectivity index (χ2v) is 26.9. The van der Waals surface area contributed by atoms with Crippen LogP contribution in [0.25, 0.3) is 78.0 Å². The average Bonchev–Trinajstić information content (AvgIpc) is 3.73. The van der Waals surface area contributed by atoms with Crippen molar-refractivity contribution < 1.29 is 24.5 Å². The topological polar surface area (TPSA) is 51.8 Å². The summed E-state index contributed by atoms with van der Waals surface area (Å²) in [5.74, 6) is 0. The predicted molar refractivity (Wildman–Crippen MR) is 301 cm³/mol. The van der Waals surface area contributed by atoms with Crippen molar-refractivity contribution in [3.8, 4) is 56.0 Å². The number of fused-ring (bicyclic) bond motifs is 3. The van der Waals surface area contributed by atoms with E-state index in [1.54, 1.807) is 0 Å². The number of pyridine rings is 3. The molecule has 0 atom stereocenters. The summed E-state index contributed by atoms with van der Waals surface area (Å²) in [5.41, 5.74) is 17.6. The summed E-state index contributed by atoms with van der Waals surface area (Å²) in [7, 11) is -1.36. The van der Waals surface area contributed by atoms with Crippen LogP contribution < -0.4 is 5.19 Å². The number of nitrogens with zero attached hydrogens (tertiary/aromatic N) is 3. The van der Waals surface area contributed by atoms with Crippen LogP contribution in [0.3, 0.4) is 0 Å². The second kappa shape index (κ2) is 22.7. The molecule has 71 heavy (non-hydrogen) atoms. The fraction of sp³-hybridized carbons (Fsp3) is 0.215. The zero-order valence-electron chi connectivity index (χ0n) is 43.0. The Morgan fingerprint density at radius 1 is 0.451 bits per heavy atom. The Balaban J connectivity index is 0.000000166. The van der Waals surface area contributed by atoms with Gasteiger partial charge in [0, 0.05) is 66.2 Å². The number of hydrogen-bond acceptors (Lipinski definition) is 4. The SMILES string of the molecule is CC(C)(C)Cc1cc(-c2ccccc2)ncc1[Si](C)(C)C.CC(C)(C)Cc1ccnc(-c2ccccc2)c1.Cc1ccc(-c2ccc3c(c2)oc2c(-c4cc(-c5ccccc5)ccn4)cccc23)cc1.[Ir]. The number of aryl methyl sites for hydroxylation is 1. The predicted octanol–water partition coefficient (Wildman–Crippen LogP) is 17.5. The first-order valence-electron chi connectivity index (χ1n) is 24.6. The monoisotopic (exact) mass is 1130 g/mol. The van der Waals surface area contributed by atoms with Crippen LogP contribution in [-0.4, -0.2) is 23.0 Å². The maximum absolute atomic E-state index is 6.43. The summed E-state index contributed by atoms with van der Waals surface area (Å²) < 4.78 is 6.43. The van der Waals surface area contributed by atoms with Gasteiger partial charge in [0.1, 0.15) is 11.2 Å². The van der Waals surface area contributed by atoms with Gasteiger partial charge in [-0.2, -0.15) is 0 Å². The quantitative estimate of drug-likeness (QED) is 0.142. The molecule has 0 bridgehead atoms. The van der Waals surface area contributed by atoms with Crippen LogP contribution in [0, 0.1) is 17.8 Å². The van der Waals surface area contributed by atoms with E-state index in [2.05, 4.69) is 236 Å². The minimum absolute atomic E-state index is 0. The Labute approximate surface area is 437 Å². The van der Waals surface area contributed by atoms with Crippen LogP contribution in [-0.2, 0) is 32.9 Å². The van der Waals surface area contributed by atoms with Crippen molar-refractivity contribution in [1.29, 1.82) is 0 Å². The first-order valence-corrected chi connectivity index (χ1v) is 28.1. The number of rotatable bonds is 8. The number of para-hydroxylation sites is 1. The molecule has 0 N–H and O–H groups in total. The van der Waals surface area contributed by atoms with Gasteiger partial charge in [0.05, 0.1) is 25.2 Å². The average molecular weight is 1130 g/mol. The molecular weight excluding hydrogens is 1060 g/mol. The number of benzene rings is 6. The molecule has 361 valence electrons. The van der Waals surface area contributed by atoms with Gasteiger partial charge in [-0.05, 0) is 118 Å². The first-order chi connectivity index (χ1) is 33.5. The van der Waals surface area contributed by atoms with E-state index in [0.29, 0.717) is 10.8 Å². The van der Waals surface area contributed by atoms with Crippen molar-refractivity contribution in [2.45, 2.75) is 80.9 Å². The second-order valence-electron chi connectivity index (χ2n) is 21.9. The fourth-order valence-electron chi connectivity index (χ4n) is 8.93. The number of hydrogen-bond donors (Lipinski definition) is 0. The molecule has 0 fully saturated rings. The van der Waals surface area contributed by atoms with Crippen LogP contribution in [0.5, 0.6) is 0 Å². The van der Waals surface area contributed by atoms with Crippen molar-refractivity contribution in [3.63, 3.8) is 0 Å². The molecule has 0 amide bonds. The third-order valence-corrected chi connectivity index (χ3v) is 14.3. The Kier molecular flexibility index (Phi) is 16.7. The zero-order chi connectivity index (χ0) is 49.5. The van der Waals surface area contributed by atoms with Crippen molar-refractivity contribution in [3.05, 3.63) is 217 Å². The molecule has 0 aliphatic rings. The van der Waals surface area contributed by atoms with Crippen molar-refractivity contribution in [2.24, 2.45) is 10.8 Å². The molecule has 0 saturated carbocycles. The standard InChI is InChI=1S/C30H21NO.C19H27NSi.C16H19N.Ir/c1-20-10-12-22(13-11-20)23-14-15-25-26-8-5-9-27(30(26)32-29(25)19-23)28-18-24(16-17-31-28)21-6-3-2-4-7-21;1-19(2,3)13-16-12-17(15-10-8-7-9-11-15)20-14-18(16)21(4,5)6;1-16(2,3)12-13-9-10-17-15(11-13)14-7-5-4-6-8-14;/h2-19H,1H3;7-12,14H,13H2,1-6H3;4-11H,12H2,1-3H3;. The molecule has 6 heteroatoms. The van der Waals surface area contributed by atoms with E-state index < -0.39 is 8.07 Å². The fourth-order valence-corrected chi connectivity index (χ4v) is 10.5. The molecule has 0 spiro atoms. The molecule has 0 aliphatic carbocycles. The van der Waals surface area contributed by atoms with E-state index in [9.17, 15) is 0 Å². The van der Waals surface area contributed by atoms with E-state index in [-0.39, 0.29) is 20.1 Å². The Hall–Kier alpha value is -6.56. The van der Waals surface area contributed by atoms with E-state index in [1.807, 2.05) is 42.7 Å². The largest absolute Gasteiger partial charge is 0.455 e. The number of aromatic nitrogens is 3. The van der Waals surface area contributed by atoms with Crippen LogP contribution >= 0.6 is 0 Å². The zero-order valence-corrected chi connectivity index (χ0v) is 46.4. The molecule has 4 aromatic heterocycles. The maximum Gasteiger partial charge on any atom is 0.144 e. The van der Waals surface area contributed by atoms with Gasteiger partial charge in [-0.3, -0.25) is 15.0 Å². The van der Waals surface area contributed by atoms with Crippen LogP contribution in [0.1, 0.15) is 58.2 Å². The van der Waals surface area contributed by atoms with Gasteiger partial charge in [0.25, 0.3) is 0 Å². The molecule has 0 unspecified atom stereocenters. The van der Waals surface area contributed by atoms with E-state index in [0.717, 1.165) is 68.6 Å². The van der Waals surface area contributed by atoms with E-state index in [1.165, 1.54) is 44.1 Å². The van der Waals surface area contributed by atoms with E-state index in [4.69, 9.17) is 9.40 Å². The normalized spacial score (nSPS) is 11.5. The molecule has 0 saturated heterocycles. The molecule has 4 nitrogen and oxygen atoms in total. The van der Waals surface area contributed by atoms with Gasteiger partial charge in [0.2, 0.25) is 0 Å². The number of furan rings is 1. The van der Waals surface area contributed by atoms with Crippen molar-refractivity contribution >= 4 is 35.2 Å². The molecule has 10 rings (SSSR count). The van der Waals surface area contributed by atoms with Crippen LogP contribution in [0.4, 0.5) is 0 Å². The Morgan fingerprint density at radius 2 is 0.986 bits per heavy atom. The van der Waals surface area contributed by atoms with Gasteiger partial charge >= 0.3 is 0 Å². The smallest absolute Gasteiger partial charge is 0.144 e. The third kappa shape index (κ3) is 13.9. The summed E-state index contributed by atoms with van der Waals surface area (Å²) in [6.45, 7) is 23.0. The summed E-state index contributed by atoms with van der Waals surface area (Å²) >= 11 is 0.